The highest BCUT2D eigenvalue weighted by atomic mass is 32.1. The van der Waals surface area contributed by atoms with E-state index in [0.29, 0.717) is 18.8 Å². The lowest BCUT2D eigenvalue weighted by atomic mass is 9.91. The minimum absolute atomic E-state index is 0.0317. The molecule has 2 aliphatic rings. The van der Waals surface area contributed by atoms with E-state index in [0.717, 1.165) is 35.9 Å². The average Bonchev–Trinajstić information content (AvgIpc) is 3.50. The van der Waals surface area contributed by atoms with Gasteiger partial charge in [-0.15, -0.1) is 11.3 Å². The highest BCUT2D eigenvalue weighted by Gasteiger charge is 2.48. The van der Waals surface area contributed by atoms with Gasteiger partial charge in [0, 0.05) is 12.6 Å². The largest absolute Gasteiger partial charge is 0.351 e. The van der Waals surface area contributed by atoms with Crippen LogP contribution in [0.25, 0.3) is 10.2 Å². The molecule has 5 rings (SSSR count). The third-order valence-electron chi connectivity index (χ3n) is 7.05. The van der Waals surface area contributed by atoms with Crippen molar-refractivity contribution in [2.24, 2.45) is 0 Å². The van der Waals surface area contributed by atoms with Crippen molar-refractivity contribution < 1.29 is 9.59 Å². The molecule has 162 valence electrons. The highest BCUT2D eigenvalue weighted by Crippen LogP contribution is 2.36. The number of carbonyl (C=O) groups is 2. The van der Waals surface area contributed by atoms with Gasteiger partial charge in [0.2, 0.25) is 5.91 Å². The van der Waals surface area contributed by atoms with Gasteiger partial charge in [-0.2, -0.15) is 0 Å². The molecule has 0 spiro atoms. The Labute approximate surface area is 187 Å². The van der Waals surface area contributed by atoms with Crippen LogP contribution in [-0.4, -0.2) is 39.4 Å². The van der Waals surface area contributed by atoms with Crippen LogP contribution in [0.15, 0.2) is 47.8 Å². The Balaban J connectivity index is 1.52. The summed E-state index contributed by atoms with van der Waals surface area (Å²) in [5.74, 6) is 0.0450. The van der Waals surface area contributed by atoms with Crippen molar-refractivity contribution in [3.8, 4) is 0 Å². The number of hydrogen-bond acceptors (Lipinski definition) is 3. The summed E-state index contributed by atoms with van der Waals surface area (Å²) in [6.45, 7) is 5.06. The summed E-state index contributed by atoms with van der Waals surface area (Å²) in [4.78, 5) is 29.2. The number of nitrogens with zero attached hydrogens (tertiary/aromatic N) is 2. The minimum Gasteiger partial charge on any atom is -0.351 e. The molecule has 0 radical (unpaired) electrons. The third-order valence-corrected chi connectivity index (χ3v) is 7.91. The number of benzene rings is 1. The molecule has 1 saturated carbocycles. The number of rotatable bonds is 5. The van der Waals surface area contributed by atoms with Gasteiger partial charge in [0.15, 0.2) is 0 Å². The van der Waals surface area contributed by atoms with Gasteiger partial charge in [0.25, 0.3) is 5.91 Å². The quantitative estimate of drug-likeness (QED) is 0.627. The van der Waals surface area contributed by atoms with Crippen LogP contribution in [0.4, 0.5) is 0 Å². The molecule has 2 aromatic heterocycles. The summed E-state index contributed by atoms with van der Waals surface area (Å²) in [7, 11) is 0. The molecular formula is C25H29N3O2S. The lowest BCUT2D eigenvalue weighted by Crippen LogP contribution is -2.65. The second-order valence-corrected chi connectivity index (χ2v) is 10.2. The van der Waals surface area contributed by atoms with Crippen molar-refractivity contribution in [2.45, 2.75) is 63.6 Å². The lowest BCUT2D eigenvalue weighted by molar-refractivity contribution is -0.133. The molecule has 1 aromatic carbocycles. The van der Waals surface area contributed by atoms with Crippen molar-refractivity contribution in [2.75, 3.05) is 6.54 Å². The Kier molecular flexibility index (Phi) is 5.13. The first-order valence-electron chi connectivity index (χ1n) is 11.2. The van der Waals surface area contributed by atoms with Gasteiger partial charge >= 0.3 is 0 Å². The van der Waals surface area contributed by atoms with E-state index in [1.807, 2.05) is 52.1 Å². The fourth-order valence-electron chi connectivity index (χ4n) is 5.13. The first-order chi connectivity index (χ1) is 15.0. The van der Waals surface area contributed by atoms with Crippen LogP contribution in [0.2, 0.25) is 0 Å². The molecule has 6 heteroatoms. The number of aromatic nitrogens is 1. The minimum atomic E-state index is -0.927. The van der Waals surface area contributed by atoms with E-state index in [9.17, 15) is 9.59 Å². The van der Waals surface area contributed by atoms with Crippen LogP contribution in [0.3, 0.4) is 0 Å². The van der Waals surface area contributed by atoms with Gasteiger partial charge in [-0.3, -0.25) is 9.59 Å². The Bertz CT molecular complexity index is 1110. The maximum Gasteiger partial charge on any atom is 0.271 e. The molecule has 0 bridgehead atoms. The van der Waals surface area contributed by atoms with E-state index in [-0.39, 0.29) is 23.8 Å². The zero-order valence-electron chi connectivity index (χ0n) is 18.1. The van der Waals surface area contributed by atoms with Gasteiger partial charge in [0.1, 0.15) is 11.2 Å². The lowest BCUT2D eigenvalue weighted by Gasteiger charge is -2.45. The molecule has 3 aromatic rings. The van der Waals surface area contributed by atoms with E-state index in [2.05, 4.69) is 24.4 Å². The van der Waals surface area contributed by atoms with Crippen LogP contribution < -0.4 is 5.32 Å². The van der Waals surface area contributed by atoms with Gasteiger partial charge in [0.05, 0.1) is 16.8 Å². The van der Waals surface area contributed by atoms with Crippen LogP contribution in [0.5, 0.6) is 0 Å². The maximum absolute atomic E-state index is 13.7. The summed E-state index contributed by atoms with van der Waals surface area (Å²) in [5, 5.41) is 5.32. The molecule has 5 nitrogen and oxygen atoms in total. The molecule has 2 amide bonds. The standard InChI is InChI=1S/C25H29N3O2S/c1-17(18-8-4-3-5-9-18)15-28-23(29)21-14-22-20(12-13-31-22)27(21)16-25(28,2)24(30)26-19-10-6-7-11-19/h3-5,8-9,12-14,17,19H,6-7,10-11,15-16H2,1-2H3,(H,26,30). The number of fused-ring (bicyclic) bond motifs is 3. The van der Waals surface area contributed by atoms with Crippen molar-refractivity contribution in [3.63, 3.8) is 0 Å². The van der Waals surface area contributed by atoms with Crippen molar-refractivity contribution in [1.29, 1.82) is 0 Å². The number of nitrogens with one attached hydrogen (secondary N) is 1. The molecular weight excluding hydrogens is 406 g/mol. The fraction of sp³-hybridized carbons (Fsp3) is 0.440. The van der Waals surface area contributed by atoms with Crippen LogP contribution in [0, 0.1) is 0 Å². The highest BCUT2D eigenvalue weighted by molar-refractivity contribution is 7.17. The number of carbonyl (C=O) groups excluding carboxylic acids is 2. The predicted octanol–water partition coefficient (Wildman–Crippen LogP) is 4.78. The molecule has 1 fully saturated rings. The molecule has 3 heterocycles. The maximum atomic E-state index is 13.7. The van der Waals surface area contributed by atoms with E-state index in [1.54, 1.807) is 11.3 Å². The van der Waals surface area contributed by atoms with Crippen LogP contribution >= 0.6 is 11.3 Å². The Morgan fingerprint density at radius 3 is 2.71 bits per heavy atom. The molecule has 2 unspecified atom stereocenters. The second-order valence-electron chi connectivity index (χ2n) is 9.24. The van der Waals surface area contributed by atoms with E-state index < -0.39 is 5.54 Å². The first-order valence-corrected chi connectivity index (χ1v) is 12.1. The Morgan fingerprint density at radius 2 is 1.97 bits per heavy atom. The average molecular weight is 436 g/mol. The van der Waals surface area contributed by atoms with Crippen molar-refractivity contribution >= 4 is 33.4 Å². The van der Waals surface area contributed by atoms with Crippen molar-refractivity contribution in [1.82, 2.24) is 14.8 Å². The second kappa shape index (κ2) is 7.83. The fourth-order valence-corrected chi connectivity index (χ4v) is 5.95. The smallest absolute Gasteiger partial charge is 0.271 e. The monoisotopic (exact) mass is 435 g/mol. The summed E-state index contributed by atoms with van der Waals surface area (Å²) < 4.78 is 3.14. The third kappa shape index (κ3) is 3.47. The molecule has 1 aliphatic carbocycles. The summed E-state index contributed by atoms with van der Waals surface area (Å²) >= 11 is 1.64. The van der Waals surface area contributed by atoms with Crippen LogP contribution in [0.1, 0.15) is 61.5 Å². The van der Waals surface area contributed by atoms with Gasteiger partial charge in [-0.05, 0) is 48.8 Å². The van der Waals surface area contributed by atoms with E-state index in [1.165, 1.54) is 5.56 Å². The van der Waals surface area contributed by atoms with Gasteiger partial charge < -0.3 is 14.8 Å². The van der Waals surface area contributed by atoms with Gasteiger partial charge in [-0.25, -0.2) is 0 Å². The Hall–Kier alpha value is -2.60. The summed E-state index contributed by atoms with van der Waals surface area (Å²) in [5.41, 5.74) is 1.98. The first kappa shape index (κ1) is 20.3. The molecule has 2 atom stereocenters. The van der Waals surface area contributed by atoms with E-state index >= 15 is 0 Å². The van der Waals surface area contributed by atoms with Crippen LogP contribution in [-0.2, 0) is 11.3 Å². The van der Waals surface area contributed by atoms with E-state index in [4.69, 9.17) is 0 Å². The van der Waals surface area contributed by atoms with Crippen molar-refractivity contribution in [3.05, 3.63) is 59.1 Å². The molecule has 31 heavy (non-hydrogen) atoms. The van der Waals surface area contributed by atoms with Gasteiger partial charge in [-0.1, -0.05) is 50.1 Å². The SMILES string of the molecule is CC(CN1C(=O)c2cc3sccc3n2CC1(C)C(=O)NC1CCCC1)c1ccccc1. The number of thiophene rings is 1. The topological polar surface area (TPSA) is 54.3 Å². The summed E-state index contributed by atoms with van der Waals surface area (Å²) in [6.07, 6.45) is 4.37. The number of amides is 2. The molecule has 0 saturated heterocycles. The summed E-state index contributed by atoms with van der Waals surface area (Å²) in [6, 6.07) is 14.5. The Morgan fingerprint density at radius 1 is 1.23 bits per heavy atom. The molecule has 1 aliphatic heterocycles. The normalized spacial score (nSPS) is 22.6. The molecule has 1 N–H and O–H groups in total. The zero-order chi connectivity index (χ0) is 21.6. The predicted molar refractivity (Wildman–Crippen MR) is 125 cm³/mol. The number of hydrogen-bond donors (Lipinski definition) is 1. The zero-order valence-corrected chi connectivity index (χ0v) is 19.0.